The Morgan fingerprint density at radius 1 is 1.50 bits per heavy atom. The molecule has 0 aliphatic carbocycles. The number of hydrogen-bond acceptors (Lipinski definition) is 5. The van der Waals surface area contributed by atoms with E-state index in [1.165, 1.54) is 0 Å². The Labute approximate surface area is 114 Å². The topological polar surface area (TPSA) is 60.2 Å². The minimum Gasteiger partial charge on any atom is -0.368 e. The van der Waals surface area contributed by atoms with E-state index in [9.17, 15) is 0 Å². The number of nitrogens with zero attached hydrogens (tertiary/aromatic N) is 2. The highest BCUT2D eigenvalue weighted by atomic mass is 35.5. The number of halogens is 1. The Kier molecular flexibility index (Phi) is 8.62. The van der Waals surface area contributed by atoms with Crippen LogP contribution in [0, 0.1) is 0 Å². The molecule has 0 saturated heterocycles. The van der Waals surface area contributed by atoms with E-state index < -0.39 is 0 Å². The van der Waals surface area contributed by atoms with E-state index in [0.717, 1.165) is 12.8 Å². The van der Waals surface area contributed by atoms with Crippen LogP contribution in [0.1, 0.15) is 38.1 Å². The van der Waals surface area contributed by atoms with E-state index in [1.807, 2.05) is 20.0 Å². The molecule has 0 aliphatic heterocycles. The average Bonchev–Trinajstić information content (AvgIpc) is 2.77. The van der Waals surface area contributed by atoms with E-state index in [1.54, 1.807) is 0 Å². The fourth-order valence-corrected chi connectivity index (χ4v) is 1.29. The quantitative estimate of drug-likeness (QED) is 0.583. The van der Waals surface area contributed by atoms with E-state index in [4.69, 9.17) is 9.26 Å². The van der Waals surface area contributed by atoms with Gasteiger partial charge in [-0.25, -0.2) is 0 Å². The maximum Gasteiger partial charge on any atom is 0.255 e. The molecule has 0 amide bonds. The van der Waals surface area contributed by atoms with Crippen molar-refractivity contribution in [1.82, 2.24) is 15.5 Å². The van der Waals surface area contributed by atoms with Gasteiger partial charge in [-0.15, -0.1) is 19.0 Å². The highest BCUT2D eigenvalue weighted by Gasteiger charge is 2.15. The molecule has 0 aliphatic rings. The molecule has 1 aromatic rings. The fourth-order valence-electron chi connectivity index (χ4n) is 1.29. The van der Waals surface area contributed by atoms with Gasteiger partial charge >= 0.3 is 0 Å². The van der Waals surface area contributed by atoms with Crippen molar-refractivity contribution in [3.8, 4) is 0 Å². The first kappa shape index (κ1) is 17.1. The normalized spacial score (nSPS) is 13.7. The molecule has 0 aromatic carbocycles. The number of rotatable bonds is 8. The van der Waals surface area contributed by atoms with Crippen LogP contribution in [0.3, 0.4) is 0 Å². The molecule has 6 heteroatoms. The Bertz CT molecular complexity index is 344. The second-order valence-corrected chi connectivity index (χ2v) is 4.03. The molecule has 0 fully saturated rings. The largest absolute Gasteiger partial charge is 0.368 e. The smallest absolute Gasteiger partial charge is 0.255 e. The van der Waals surface area contributed by atoms with Crippen LogP contribution in [0.4, 0.5) is 0 Å². The third-order valence-electron chi connectivity index (χ3n) is 2.50. The Hall–Kier alpha value is -0.910. The zero-order valence-electron chi connectivity index (χ0n) is 11.2. The average molecular weight is 276 g/mol. The summed E-state index contributed by atoms with van der Waals surface area (Å²) in [4.78, 5) is 4.31. The van der Waals surface area contributed by atoms with Crippen LogP contribution in [0.2, 0.25) is 0 Å². The molecule has 0 spiro atoms. The van der Waals surface area contributed by atoms with Crippen LogP contribution in [-0.2, 0) is 11.2 Å². The molecule has 1 aromatic heterocycles. The van der Waals surface area contributed by atoms with Crippen molar-refractivity contribution >= 4 is 12.4 Å². The lowest BCUT2D eigenvalue weighted by Gasteiger charge is -2.07. The van der Waals surface area contributed by atoms with Crippen molar-refractivity contribution < 1.29 is 9.26 Å². The molecule has 1 heterocycles. The van der Waals surface area contributed by atoms with Gasteiger partial charge in [0.05, 0.1) is 6.61 Å². The van der Waals surface area contributed by atoms with Gasteiger partial charge in [-0.2, -0.15) is 4.98 Å². The second-order valence-electron chi connectivity index (χ2n) is 4.03. The third-order valence-corrected chi connectivity index (χ3v) is 2.50. The molecule has 0 radical (unpaired) electrons. The molecule has 1 rings (SSSR count). The van der Waals surface area contributed by atoms with Gasteiger partial charge in [-0.1, -0.05) is 11.2 Å². The van der Waals surface area contributed by atoms with Crippen molar-refractivity contribution in [2.24, 2.45) is 0 Å². The van der Waals surface area contributed by atoms with Gasteiger partial charge in [0.15, 0.2) is 5.82 Å². The summed E-state index contributed by atoms with van der Waals surface area (Å²) in [5, 5.41) is 7.06. The molecule has 1 N–H and O–H groups in total. The Balaban J connectivity index is 0.00000289. The van der Waals surface area contributed by atoms with Crippen LogP contribution in [0.15, 0.2) is 17.2 Å². The molecule has 18 heavy (non-hydrogen) atoms. The zero-order chi connectivity index (χ0) is 12.7. The summed E-state index contributed by atoms with van der Waals surface area (Å²) in [5.41, 5.74) is 0. The van der Waals surface area contributed by atoms with E-state index in [0.29, 0.717) is 24.4 Å². The maximum absolute atomic E-state index is 5.53. The maximum atomic E-state index is 5.53. The van der Waals surface area contributed by atoms with Crippen LogP contribution in [0.25, 0.3) is 0 Å². The van der Waals surface area contributed by atoms with E-state index in [-0.39, 0.29) is 18.5 Å². The van der Waals surface area contributed by atoms with Crippen molar-refractivity contribution in [3.63, 3.8) is 0 Å². The van der Waals surface area contributed by atoms with Gasteiger partial charge in [0.25, 0.3) is 5.89 Å². The predicted octanol–water partition coefficient (Wildman–Crippen LogP) is 2.30. The molecule has 0 saturated carbocycles. The van der Waals surface area contributed by atoms with Crippen molar-refractivity contribution in [3.05, 3.63) is 24.4 Å². The molecule has 2 unspecified atom stereocenters. The Morgan fingerprint density at radius 2 is 2.22 bits per heavy atom. The van der Waals surface area contributed by atoms with Crippen LogP contribution >= 0.6 is 12.4 Å². The van der Waals surface area contributed by atoms with Gasteiger partial charge in [0, 0.05) is 12.5 Å². The Morgan fingerprint density at radius 3 is 2.83 bits per heavy atom. The van der Waals surface area contributed by atoms with Gasteiger partial charge in [0.2, 0.25) is 0 Å². The third kappa shape index (κ3) is 5.62. The number of nitrogens with one attached hydrogen (secondary N) is 1. The number of aromatic nitrogens is 2. The van der Waals surface area contributed by atoms with Gasteiger partial charge in [-0.3, -0.25) is 0 Å². The van der Waals surface area contributed by atoms with Gasteiger partial charge < -0.3 is 14.6 Å². The standard InChI is InChI=1S/C12H21N3O2.ClH/c1-5-6-7-16-10(3)12-14-11(15-17-12)8-9(2)13-4;/h5,9-10,13H,1,6-8H2,2-4H3;1H. The first-order chi connectivity index (χ1) is 8.17. The minimum atomic E-state index is -0.166. The number of ether oxygens (including phenoxy) is 1. The number of hydrogen-bond donors (Lipinski definition) is 1. The molecule has 104 valence electrons. The molecule has 5 nitrogen and oxygen atoms in total. The molecular weight excluding hydrogens is 254 g/mol. The summed E-state index contributed by atoms with van der Waals surface area (Å²) in [7, 11) is 1.91. The highest BCUT2D eigenvalue weighted by Crippen LogP contribution is 2.15. The highest BCUT2D eigenvalue weighted by molar-refractivity contribution is 5.85. The number of likely N-dealkylation sites (N-methyl/N-ethyl adjacent to an activating group) is 1. The monoisotopic (exact) mass is 275 g/mol. The fraction of sp³-hybridized carbons (Fsp3) is 0.667. The summed E-state index contributed by atoms with van der Waals surface area (Å²) in [6.07, 6.45) is 3.23. The van der Waals surface area contributed by atoms with Crippen molar-refractivity contribution in [2.75, 3.05) is 13.7 Å². The van der Waals surface area contributed by atoms with Crippen LogP contribution < -0.4 is 5.32 Å². The summed E-state index contributed by atoms with van der Waals surface area (Å²) in [6, 6.07) is 0.331. The summed E-state index contributed by atoms with van der Waals surface area (Å²) < 4.78 is 10.7. The van der Waals surface area contributed by atoms with Crippen LogP contribution in [-0.4, -0.2) is 29.8 Å². The summed E-state index contributed by atoms with van der Waals surface area (Å²) in [6.45, 7) is 8.23. The van der Waals surface area contributed by atoms with Crippen molar-refractivity contribution in [1.29, 1.82) is 0 Å². The van der Waals surface area contributed by atoms with Gasteiger partial charge in [-0.05, 0) is 27.3 Å². The van der Waals surface area contributed by atoms with Gasteiger partial charge in [0.1, 0.15) is 6.10 Å². The zero-order valence-corrected chi connectivity index (χ0v) is 12.0. The lowest BCUT2D eigenvalue weighted by molar-refractivity contribution is 0.0459. The lowest BCUT2D eigenvalue weighted by Crippen LogP contribution is -2.24. The molecular formula is C12H22ClN3O2. The molecule has 2 atom stereocenters. The summed E-state index contributed by atoms with van der Waals surface area (Å²) in [5.74, 6) is 1.24. The predicted molar refractivity (Wildman–Crippen MR) is 73.0 cm³/mol. The van der Waals surface area contributed by atoms with E-state index in [2.05, 4.69) is 29.0 Å². The van der Waals surface area contributed by atoms with Crippen molar-refractivity contribution in [2.45, 2.75) is 38.8 Å². The first-order valence-corrected chi connectivity index (χ1v) is 5.89. The van der Waals surface area contributed by atoms with Crippen LogP contribution in [0.5, 0.6) is 0 Å². The minimum absolute atomic E-state index is 0. The lowest BCUT2D eigenvalue weighted by atomic mass is 10.2. The summed E-state index contributed by atoms with van der Waals surface area (Å²) >= 11 is 0. The second kappa shape index (κ2) is 9.08. The van der Waals surface area contributed by atoms with E-state index >= 15 is 0 Å². The molecule has 0 bridgehead atoms. The SMILES string of the molecule is C=CCCOC(C)c1nc(CC(C)NC)no1.Cl. The first-order valence-electron chi connectivity index (χ1n) is 5.89.